The van der Waals surface area contributed by atoms with E-state index >= 15 is 0 Å². The van der Waals surface area contributed by atoms with Gasteiger partial charge in [-0.3, -0.25) is 0 Å². The molecule has 0 fully saturated rings. The summed E-state index contributed by atoms with van der Waals surface area (Å²) in [6.45, 7) is 1.94. The van der Waals surface area contributed by atoms with Gasteiger partial charge in [-0.25, -0.2) is 9.97 Å². The highest BCUT2D eigenvalue weighted by atomic mass is 79.9. The zero-order chi connectivity index (χ0) is 14.7. The Hall–Kier alpha value is -0.680. The van der Waals surface area contributed by atoms with E-state index in [0.29, 0.717) is 28.1 Å². The van der Waals surface area contributed by atoms with Crippen LogP contribution in [0.4, 0.5) is 0 Å². The molecule has 0 bridgehead atoms. The van der Waals surface area contributed by atoms with Gasteiger partial charge in [0.05, 0.1) is 11.7 Å². The standard InChI is InChI=1S/C14H13BrCl2N2O/c1-8(20-2)7-11-18-13(16)12(14(17)19-11)9-3-5-10(15)6-4-9/h3-6,8H,7H2,1-2H3. The Morgan fingerprint density at radius 3 is 2.20 bits per heavy atom. The van der Waals surface area contributed by atoms with Crippen LogP contribution in [0.2, 0.25) is 10.3 Å². The summed E-state index contributed by atoms with van der Waals surface area (Å²) in [6.07, 6.45) is 0.581. The predicted octanol–water partition coefficient (Wildman–Crippen LogP) is 4.79. The van der Waals surface area contributed by atoms with Crippen LogP contribution >= 0.6 is 39.1 Å². The molecule has 0 amide bonds. The van der Waals surface area contributed by atoms with E-state index in [-0.39, 0.29) is 6.10 Å². The summed E-state index contributed by atoms with van der Waals surface area (Å²) >= 11 is 15.9. The second kappa shape index (κ2) is 6.85. The molecule has 20 heavy (non-hydrogen) atoms. The first-order valence-electron chi connectivity index (χ1n) is 6.02. The molecule has 0 saturated carbocycles. The van der Waals surface area contributed by atoms with E-state index < -0.39 is 0 Å². The molecule has 1 atom stereocenters. The largest absolute Gasteiger partial charge is 0.381 e. The number of halogens is 3. The van der Waals surface area contributed by atoms with Crippen molar-refractivity contribution in [2.24, 2.45) is 0 Å². The molecule has 0 aliphatic rings. The number of benzene rings is 1. The maximum absolute atomic E-state index is 6.25. The summed E-state index contributed by atoms with van der Waals surface area (Å²) in [5, 5.41) is 0.705. The van der Waals surface area contributed by atoms with Crippen LogP contribution < -0.4 is 0 Å². The number of aromatic nitrogens is 2. The normalized spacial score (nSPS) is 12.4. The highest BCUT2D eigenvalue weighted by molar-refractivity contribution is 9.10. The van der Waals surface area contributed by atoms with Crippen molar-refractivity contribution >= 4 is 39.1 Å². The Balaban J connectivity index is 2.38. The molecule has 1 aromatic carbocycles. The first-order chi connectivity index (χ1) is 9.51. The first-order valence-corrected chi connectivity index (χ1v) is 7.56. The molecule has 0 saturated heterocycles. The number of nitrogens with zero attached hydrogens (tertiary/aromatic N) is 2. The second-order valence-corrected chi connectivity index (χ2v) is 5.99. The Morgan fingerprint density at radius 2 is 1.70 bits per heavy atom. The molecule has 0 aliphatic carbocycles. The van der Waals surface area contributed by atoms with Crippen LogP contribution in [0.3, 0.4) is 0 Å². The maximum Gasteiger partial charge on any atom is 0.142 e. The summed E-state index contributed by atoms with van der Waals surface area (Å²) < 4.78 is 6.18. The average Bonchev–Trinajstić information content (AvgIpc) is 2.40. The third kappa shape index (κ3) is 3.70. The highest BCUT2D eigenvalue weighted by Crippen LogP contribution is 2.33. The van der Waals surface area contributed by atoms with Gasteiger partial charge in [0.2, 0.25) is 0 Å². The van der Waals surface area contributed by atoms with Gasteiger partial charge in [0, 0.05) is 18.0 Å². The molecule has 6 heteroatoms. The molecule has 0 spiro atoms. The molecule has 1 aromatic heterocycles. The lowest BCUT2D eigenvalue weighted by Crippen LogP contribution is -2.12. The van der Waals surface area contributed by atoms with Crippen LogP contribution in [0.5, 0.6) is 0 Å². The third-order valence-electron chi connectivity index (χ3n) is 2.87. The van der Waals surface area contributed by atoms with Crippen LogP contribution in [-0.2, 0) is 11.2 Å². The maximum atomic E-state index is 6.25. The van der Waals surface area contributed by atoms with Gasteiger partial charge in [-0.2, -0.15) is 0 Å². The van der Waals surface area contributed by atoms with Crippen molar-refractivity contribution in [1.82, 2.24) is 9.97 Å². The Labute approximate surface area is 136 Å². The van der Waals surface area contributed by atoms with Crippen molar-refractivity contribution in [2.75, 3.05) is 7.11 Å². The van der Waals surface area contributed by atoms with E-state index in [1.807, 2.05) is 31.2 Å². The summed E-state index contributed by atoms with van der Waals surface area (Å²) in [7, 11) is 1.64. The van der Waals surface area contributed by atoms with Crippen molar-refractivity contribution in [3.63, 3.8) is 0 Å². The number of hydrogen-bond acceptors (Lipinski definition) is 3. The van der Waals surface area contributed by atoms with E-state index in [9.17, 15) is 0 Å². The van der Waals surface area contributed by atoms with Gasteiger partial charge in [0.1, 0.15) is 16.1 Å². The summed E-state index contributed by atoms with van der Waals surface area (Å²) in [5.74, 6) is 0.579. The summed E-state index contributed by atoms with van der Waals surface area (Å²) in [4.78, 5) is 8.60. The van der Waals surface area contributed by atoms with E-state index in [2.05, 4.69) is 25.9 Å². The van der Waals surface area contributed by atoms with Crippen LogP contribution in [0.1, 0.15) is 12.7 Å². The quantitative estimate of drug-likeness (QED) is 0.720. The number of hydrogen-bond donors (Lipinski definition) is 0. The molecule has 0 N–H and O–H groups in total. The van der Waals surface area contributed by atoms with Gasteiger partial charge in [-0.15, -0.1) is 0 Å². The smallest absolute Gasteiger partial charge is 0.142 e. The fraction of sp³-hybridized carbons (Fsp3) is 0.286. The van der Waals surface area contributed by atoms with Gasteiger partial charge in [-0.1, -0.05) is 51.3 Å². The minimum absolute atomic E-state index is 0.0145. The molecule has 106 valence electrons. The van der Waals surface area contributed by atoms with Crippen LogP contribution in [0.25, 0.3) is 11.1 Å². The monoisotopic (exact) mass is 374 g/mol. The molecule has 1 heterocycles. The van der Waals surface area contributed by atoms with Crippen LogP contribution in [0, 0.1) is 0 Å². The molecule has 3 nitrogen and oxygen atoms in total. The lowest BCUT2D eigenvalue weighted by molar-refractivity contribution is 0.117. The van der Waals surface area contributed by atoms with Gasteiger partial charge < -0.3 is 4.74 Å². The Morgan fingerprint density at radius 1 is 1.15 bits per heavy atom. The molecular weight excluding hydrogens is 363 g/mol. The average molecular weight is 376 g/mol. The zero-order valence-corrected chi connectivity index (χ0v) is 14.1. The molecular formula is C14H13BrCl2N2O. The number of methoxy groups -OCH3 is 1. The van der Waals surface area contributed by atoms with E-state index in [1.165, 1.54) is 0 Å². The van der Waals surface area contributed by atoms with Crippen LogP contribution in [0.15, 0.2) is 28.7 Å². The van der Waals surface area contributed by atoms with Crippen molar-refractivity contribution in [3.8, 4) is 11.1 Å². The van der Waals surface area contributed by atoms with E-state index in [1.54, 1.807) is 7.11 Å². The van der Waals surface area contributed by atoms with Crippen molar-refractivity contribution in [3.05, 3.63) is 44.9 Å². The predicted molar refractivity (Wildman–Crippen MR) is 85.4 cm³/mol. The van der Waals surface area contributed by atoms with Gasteiger partial charge >= 0.3 is 0 Å². The minimum Gasteiger partial charge on any atom is -0.381 e. The number of ether oxygens (including phenoxy) is 1. The fourth-order valence-electron chi connectivity index (χ4n) is 1.74. The minimum atomic E-state index is 0.0145. The van der Waals surface area contributed by atoms with Gasteiger partial charge in [0.25, 0.3) is 0 Å². The van der Waals surface area contributed by atoms with Crippen molar-refractivity contribution in [1.29, 1.82) is 0 Å². The lowest BCUT2D eigenvalue weighted by atomic mass is 10.1. The SMILES string of the molecule is COC(C)Cc1nc(Cl)c(-c2ccc(Br)cc2)c(Cl)n1. The number of rotatable bonds is 4. The van der Waals surface area contributed by atoms with Crippen LogP contribution in [-0.4, -0.2) is 23.2 Å². The summed E-state index contributed by atoms with van der Waals surface area (Å²) in [6, 6.07) is 7.67. The lowest BCUT2D eigenvalue weighted by Gasteiger charge is -2.11. The Bertz CT molecular complexity index is 582. The van der Waals surface area contributed by atoms with Gasteiger partial charge in [0.15, 0.2) is 0 Å². The molecule has 0 aliphatic heterocycles. The molecule has 0 radical (unpaired) electrons. The first kappa shape index (κ1) is 15.7. The Kier molecular flexibility index (Phi) is 5.38. The highest BCUT2D eigenvalue weighted by Gasteiger charge is 2.15. The molecule has 2 aromatic rings. The van der Waals surface area contributed by atoms with Gasteiger partial charge in [-0.05, 0) is 24.6 Å². The molecule has 1 unspecified atom stereocenters. The topological polar surface area (TPSA) is 35.0 Å². The molecule has 2 rings (SSSR count). The fourth-order valence-corrected chi connectivity index (χ4v) is 2.64. The van der Waals surface area contributed by atoms with E-state index in [0.717, 1.165) is 10.0 Å². The summed E-state index contributed by atoms with van der Waals surface area (Å²) in [5.41, 5.74) is 1.53. The second-order valence-electron chi connectivity index (χ2n) is 4.35. The van der Waals surface area contributed by atoms with Crippen molar-refractivity contribution < 1.29 is 4.74 Å². The van der Waals surface area contributed by atoms with Crippen molar-refractivity contribution in [2.45, 2.75) is 19.4 Å². The zero-order valence-electron chi connectivity index (χ0n) is 11.0. The van der Waals surface area contributed by atoms with E-state index in [4.69, 9.17) is 27.9 Å². The third-order valence-corrected chi connectivity index (χ3v) is 3.95.